The molecule has 7 nitrogen and oxygen atoms in total. The Kier molecular flexibility index (Phi) is 6.99. The van der Waals surface area contributed by atoms with E-state index in [1.165, 1.54) is 19.4 Å². The number of halogens is 2. The minimum Gasteiger partial charge on any atom is -0.493 e. The van der Waals surface area contributed by atoms with Crippen LogP contribution < -0.4 is 14.9 Å². The standard InChI is InChI=1S/C17H14BrClN2O5/c1-25-14-6-10(5-13(18)16(14)26-9-15(22)23)8-20-21-17(24)11-3-2-4-12(19)7-11/h2-8H,9H2,1H3,(H,21,24)(H,22,23)/b20-8-. The van der Waals surface area contributed by atoms with Gasteiger partial charge in [-0.1, -0.05) is 17.7 Å². The molecule has 2 rings (SSSR count). The smallest absolute Gasteiger partial charge is 0.341 e. The molecule has 2 aromatic rings. The van der Waals surface area contributed by atoms with Crippen LogP contribution in [0.25, 0.3) is 0 Å². The molecule has 0 saturated carbocycles. The minimum absolute atomic E-state index is 0.259. The molecule has 2 N–H and O–H groups in total. The molecule has 136 valence electrons. The number of nitrogens with one attached hydrogen (secondary N) is 1. The molecule has 26 heavy (non-hydrogen) atoms. The lowest BCUT2D eigenvalue weighted by Crippen LogP contribution is -2.17. The Morgan fingerprint density at radius 2 is 2.12 bits per heavy atom. The molecule has 0 bridgehead atoms. The van der Waals surface area contributed by atoms with E-state index in [2.05, 4.69) is 26.5 Å². The van der Waals surface area contributed by atoms with E-state index in [1.807, 2.05) is 0 Å². The van der Waals surface area contributed by atoms with E-state index in [-0.39, 0.29) is 5.75 Å². The topological polar surface area (TPSA) is 97.2 Å². The van der Waals surface area contributed by atoms with Gasteiger partial charge in [-0.15, -0.1) is 0 Å². The molecule has 9 heteroatoms. The second kappa shape index (κ2) is 9.21. The Hall–Kier alpha value is -2.58. The van der Waals surface area contributed by atoms with Gasteiger partial charge in [0, 0.05) is 10.6 Å². The predicted molar refractivity (Wildman–Crippen MR) is 100 cm³/mol. The summed E-state index contributed by atoms with van der Waals surface area (Å²) in [7, 11) is 1.43. The van der Waals surface area contributed by atoms with E-state index < -0.39 is 18.5 Å². The lowest BCUT2D eigenvalue weighted by molar-refractivity contribution is -0.139. The third-order valence-corrected chi connectivity index (χ3v) is 3.88. The third kappa shape index (κ3) is 5.47. The summed E-state index contributed by atoms with van der Waals surface area (Å²) in [4.78, 5) is 22.6. The summed E-state index contributed by atoms with van der Waals surface area (Å²) >= 11 is 9.14. The van der Waals surface area contributed by atoms with E-state index in [0.29, 0.717) is 26.4 Å². The lowest BCUT2D eigenvalue weighted by atomic mass is 10.2. The molecule has 0 unspecified atom stereocenters. The minimum atomic E-state index is -1.10. The summed E-state index contributed by atoms with van der Waals surface area (Å²) in [5.41, 5.74) is 3.37. The highest BCUT2D eigenvalue weighted by Crippen LogP contribution is 2.36. The second-order valence-electron chi connectivity index (χ2n) is 4.93. The van der Waals surface area contributed by atoms with Crippen molar-refractivity contribution in [1.29, 1.82) is 0 Å². The third-order valence-electron chi connectivity index (χ3n) is 3.06. The Labute approximate surface area is 162 Å². The van der Waals surface area contributed by atoms with Gasteiger partial charge in [0.2, 0.25) is 0 Å². The number of methoxy groups -OCH3 is 1. The van der Waals surface area contributed by atoms with Crippen molar-refractivity contribution >= 4 is 45.6 Å². The largest absolute Gasteiger partial charge is 0.493 e. The first-order valence-corrected chi connectivity index (χ1v) is 8.39. The SMILES string of the molecule is COc1cc(/C=N\NC(=O)c2cccc(Cl)c2)cc(Br)c1OCC(=O)O. The van der Waals surface area contributed by atoms with Crippen molar-refractivity contribution in [3.8, 4) is 11.5 Å². The number of nitrogens with zero attached hydrogens (tertiary/aromatic N) is 1. The molecule has 0 aliphatic rings. The molecule has 0 heterocycles. The monoisotopic (exact) mass is 440 g/mol. The zero-order valence-electron chi connectivity index (χ0n) is 13.5. The molecule has 0 atom stereocenters. The molecule has 0 radical (unpaired) electrons. The van der Waals surface area contributed by atoms with Gasteiger partial charge in [-0.25, -0.2) is 10.2 Å². The van der Waals surface area contributed by atoms with Gasteiger partial charge in [-0.3, -0.25) is 4.79 Å². The number of carboxylic acid groups (broad SMARTS) is 1. The van der Waals surface area contributed by atoms with Gasteiger partial charge in [0.1, 0.15) is 0 Å². The lowest BCUT2D eigenvalue weighted by Gasteiger charge is -2.12. The van der Waals surface area contributed by atoms with Crippen LogP contribution in [0.15, 0.2) is 46.0 Å². The van der Waals surface area contributed by atoms with Crippen LogP contribution in [-0.4, -0.2) is 36.9 Å². The number of ether oxygens (including phenoxy) is 2. The summed E-state index contributed by atoms with van der Waals surface area (Å²) in [6, 6.07) is 9.72. The van der Waals surface area contributed by atoms with Crippen molar-refractivity contribution in [2.75, 3.05) is 13.7 Å². The Morgan fingerprint density at radius 3 is 2.77 bits per heavy atom. The maximum absolute atomic E-state index is 12.0. The maximum atomic E-state index is 12.0. The van der Waals surface area contributed by atoms with Crippen LogP contribution in [0.4, 0.5) is 0 Å². The van der Waals surface area contributed by atoms with Crippen molar-refractivity contribution in [3.05, 3.63) is 57.0 Å². The fourth-order valence-corrected chi connectivity index (χ4v) is 2.71. The fraction of sp³-hybridized carbons (Fsp3) is 0.118. The predicted octanol–water partition coefficient (Wildman–Crippen LogP) is 3.34. The summed E-state index contributed by atoms with van der Waals surface area (Å²) in [6.45, 7) is -0.502. The van der Waals surface area contributed by atoms with Crippen molar-refractivity contribution < 1.29 is 24.2 Å². The van der Waals surface area contributed by atoms with Gasteiger partial charge in [0.25, 0.3) is 5.91 Å². The van der Waals surface area contributed by atoms with E-state index in [4.69, 9.17) is 26.2 Å². The molecule has 0 fully saturated rings. The van der Waals surface area contributed by atoms with E-state index in [1.54, 1.807) is 30.3 Å². The Balaban J connectivity index is 2.11. The van der Waals surface area contributed by atoms with E-state index in [9.17, 15) is 9.59 Å². The van der Waals surface area contributed by atoms with E-state index in [0.717, 1.165) is 0 Å². The number of benzene rings is 2. The molecular formula is C17H14BrClN2O5. The van der Waals surface area contributed by atoms with Gasteiger partial charge < -0.3 is 14.6 Å². The quantitative estimate of drug-likeness (QED) is 0.507. The molecular weight excluding hydrogens is 428 g/mol. The zero-order chi connectivity index (χ0) is 19.1. The molecule has 2 aromatic carbocycles. The van der Waals surface area contributed by atoms with Crippen LogP contribution in [-0.2, 0) is 4.79 Å². The van der Waals surface area contributed by atoms with Crippen LogP contribution >= 0.6 is 27.5 Å². The second-order valence-corrected chi connectivity index (χ2v) is 6.22. The van der Waals surface area contributed by atoms with Crippen LogP contribution in [0, 0.1) is 0 Å². The molecule has 0 aromatic heterocycles. The first-order chi connectivity index (χ1) is 12.4. The number of carbonyl (C=O) groups excluding carboxylic acids is 1. The molecule has 0 aliphatic heterocycles. The van der Waals surface area contributed by atoms with Crippen molar-refractivity contribution in [2.24, 2.45) is 5.10 Å². The molecule has 0 aliphatic carbocycles. The highest BCUT2D eigenvalue weighted by molar-refractivity contribution is 9.10. The van der Waals surface area contributed by atoms with Crippen LogP contribution in [0.3, 0.4) is 0 Å². The van der Waals surface area contributed by atoms with Gasteiger partial charge in [0.15, 0.2) is 18.1 Å². The van der Waals surface area contributed by atoms with Gasteiger partial charge >= 0.3 is 5.97 Å². The summed E-state index contributed by atoms with van der Waals surface area (Å²) in [5.74, 6) is -0.928. The number of aliphatic carboxylic acids is 1. The van der Waals surface area contributed by atoms with Crippen molar-refractivity contribution in [2.45, 2.75) is 0 Å². The molecule has 1 amide bonds. The summed E-state index contributed by atoms with van der Waals surface area (Å²) in [5, 5.41) is 13.1. The highest BCUT2D eigenvalue weighted by Gasteiger charge is 2.13. The first kappa shape index (κ1) is 19.7. The fourth-order valence-electron chi connectivity index (χ4n) is 1.95. The Morgan fingerprint density at radius 1 is 1.35 bits per heavy atom. The number of amides is 1. The summed E-state index contributed by atoms with van der Waals surface area (Å²) < 4.78 is 10.9. The maximum Gasteiger partial charge on any atom is 0.341 e. The number of hydrazone groups is 1. The average molecular weight is 442 g/mol. The number of hydrogen-bond acceptors (Lipinski definition) is 5. The van der Waals surface area contributed by atoms with Crippen molar-refractivity contribution in [1.82, 2.24) is 5.43 Å². The Bertz CT molecular complexity index is 857. The van der Waals surface area contributed by atoms with Gasteiger partial charge in [0.05, 0.1) is 17.8 Å². The first-order valence-electron chi connectivity index (χ1n) is 7.22. The number of carbonyl (C=O) groups is 2. The molecule has 0 spiro atoms. The number of rotatable bonds is 7. The number of carboxylic acids is 1. The van der Waals surface area contributed by atoms with Crippen LogP contribution in [0.1, 0.15) is 15.9 Å². The van der Waals surface area contributed by atoms with Crippen molar-refractivity contribution in [3.63, 3.8) is 0 Å². The average Bonchev–Trinajstić information content (AvgIpc) is 2.60. The highest BCUT2D eigenvalue weighted by atomic mass is 79.9. The summed E-state index contributed by atoms with van der Waals surface area (Å²) in [6.07, 6.45) is 1.41. The molecule has 0 saturated heterocycles. The van der Waals surface area contributed by atoms with Crippen LogP contribution in [0.5, 0.6) is 11.5 Å². The normalized spacial score (nSPS) is 10.6. The zero-order valence-corrected chi connectivity index (χ0v) is 15.9. The van der Waals surface area contributed by atoms with Gasteiger partial charge in [-0.05, 0) is 51.8 Å². The van der Waals surface area contributed by atoms with Crippen LogP contribution in [0.2, 0.25) is 5.02 Å². The van der Waals surface area contributed by atoms with Gasteiger partial charge in [-0.2, -0.15) is 5.10 Å². The number of hydrogen-bond donors (Lipinski definition) is 2. The van der Waals surface area contributed by atoms with E-state index >= 15 is 0 Å².